The van der Waals surface area contributed by atoms with E-state index in [0.717, 1.165) is 6.42 Å². The van der Waals surface area contributed by atoms with Crippen molar-refractivity contribution >= 4 is 11.9 Å². The van der Waals surface area contributed by atoms with E-state index in [1.807, 2.05) is 11.8 Å². The van der Waals surface area contributed by atoms with Gasteiger partial charge in [0.2, 0.25) is 5.91 Å². The predicted molar refractivity (Wildman–Crippen MR) is 78.0 cm³/mol. The van der Waals surface area contributed by atoms with Crippen molar-refractivity contribution in [1.29, 1.82) is 0 Å². The number of carbonyl (C=O) groups is 2. The molecule has 0 saturated carbocycles. The molecule has 2 heterocycles. The summed E-state index contributed by atoms with van der Waals surface area (Å²) in [5.74, 6) is -0.625. The Morgan fingerprint density at radius 3 is 2.52 bits per heavy atom. The first kappa shape index (κ1) is 16.2. The molecule has 2 aliphatic heterocycles. The lowest BCUT2D eigenvalue weighted by molar-refractivity contribution is -0.155. The molecule has 2 unspecified atom stereocenters. The van der Waals surface area contributed by atoms with Crippen LogP contribution in [0.25, 0.3) is 0 Å². The summed E-state index contributed by atoms with van der Waals surface area (Å²) in [7, 11) is 1.66. The monoisotopic (exact) mass is 298 g/mol. The van der Waals surface area contributed by atoms with Crippen LogP contribution in [-0.4, -0.2) is 60.8 Å². The zero-order valence-electron chi connectivity index (χ0n) is 12.9. The molecule has 0 aliphatic carbocycles. The highest BCUT2D eigenvalue weighted by molar-refractivity contribution is 5.83. The number of rotatable bonds is 5. The molecule has 2 fully saturated rings. The largest absolute Gasteiger partial charge is 0.481 e. The van der Waals surface area contributed by atoms with Gasteiger partial charge in [-0.05, 0) is 25.7 Å². The highest BCUT2D eigenvalue weighted by atomic mass is 16.5. The Morgan fingerprint density at radius 1 is 1.38 bits per heavy atom. The van der Waals surface area contributed by atoms with Crippen LogP contribution in [0, 0.1) is 5.41 Å². The van der Waals surface area contributed by atoms with Crippen LogP contribution in [0.2, 0.25) is 0 Å². The van der Waals surface area contributed by atoms with Crippen LogP contribution in [0.15, 0.2) is 0 Å². The van der Waals surface area contributed by atoms with E-state index >= 15 is 0 Å². The average Bonchev–Trinajstić information content (AvgIpc) is 2.96. The van der Waals surface area contributed by atoms with Gasteiger partial charge in [-0.3, -0.25) is 9.59 Å². The Morgan fingerprint density at radius 2 is 2.05 bits per heavy atom. The van der Waals surface area contributed by atoms with Crippen LogP contribution in [0.3, 0.4) is 0 Å². The molecule has 21 heavy (non-hydrogen) atoms. The summed E-state index contributed by atoms with van der Waals surface area (Å²) in [6, 6.07) is -0.182. The molecular weight excluding hydrogens is 272 g/mol. The van der Waals surface area contributed by atoms with Crippen molar-refractivity contribution in [3.8, 4) is 0 Å². The van der Waals surface area contributed by atoms with Gasteiger partial charge in [-0.2, -0.15) is 0 Å². The van der Waals surface area contributed by atoms with Crippen LogP contribution >= 0.6 is 0 Å². The smallest absolute Gasteiger partial charge is 0.309 e. The molecular formula is C15H26N2O4. The van der Waals surface area contributed by atoms with Crippen molar-refractivity contribution in [3.63, 3.8) is 0 Å². The molecule has 2 rings (SSSR count). The van der Waals surface area contributed by atoms with Gasteiger partial charge in [-0.1, -0.05) is 13.3 Å². The maximum atomic E-state index is 12.5. The molecule has 0 spiro atoms. The summed E-state index contributed by atoms with van der Waals surface area (Å²) in [5, 5.41) is 12.7. The van der Waals surface area contributed by atoms with Crippen LogP contribution < -0.4 is 5.32 Å². The van der Waals surface area contributed by atoms with E-state index in [1.54, 1.807) is 7.11 Å². The van der Waals surface area contributed by atoms with Gasteiger partial charge in [0, 0.05) is 26.7 Å². The highest BCUT2D eigenvalue weighted by Gasteiger charge is 2.43. The molecule has 0 radical (unpaired) electrons. The molecule has 0 aromatic heterocycles. The number of nitrogens with zero attached hydrogens (tertiary/aromatic N) is 1. The number of nitrogens with one attached hydrogen (secondary N) is 1. The third-order valence-electron chi connectivity index (χ3n) is 4.94. The van der Waals surface area contributed by atoms with Gasteiger partial charge >= 0.3 is 5.97 Å². The summed E-state index contributed by atoms with van der Waals surface area (Å²) in [5.41, 5.74) is -0.635. The van der Waals surface area contributed by atoms with Crippen molar-refractivity contribution in [2.24, 2.45) is 5.41 Å². The second kappa shape index (κ2) is 6.75. The quantitative estimate of drug-likeness (QED) is 0.787. The van der Waals surface area contributed by atoms with Crippen LogP contribution in [0.4, 0.5) is 0 Å². The number of carboxylic acid groups (broad SMARTS) is 1. The SMILES string of the molecule is CCCC1(C(=O)O)CCN(C(=O)C2CC(OC)CN2)CC1. The molecule has 6 nitrogen and oxygen atoms in total. The fourth-order valence-corrected chi connectivity index (χ4v) is 3.50. The van der Waals surface area contributed by atoms with Gasteiger partial charge < -0.3 is 20.1 Å². The Kier molecular flexibility index (Phi) is 5.22. The number of aliphatic carboxylic acids is 1. The highest BCUT2D eigenvalue weighted by Crippen LogP contribution is 2.36. The Hall–Kier alpha value is -1.14. The van der Waals surface area contributed by atoms with Crippen molar-refractivity contribution < 1.29 is 19.4 Å². The number of amides is 1. The third kappa shape index (κ3) is 3.37. The minimum atomic E-state index is -0.713. The number of carbonyl (C=O) groups excluding carboxylic acids is 1. The second-order valence-corrected chi connectivity index (χ2v) is 6.22. The van der Waals surface area contributed by atoms with Gasteiger partial charge in [0.05, 0.1) is 17.6 Å². The molecule has 1 amide bonds. The van der Waals surface area contributed by atoms with Crippen molar-refractivity contribution in [1.82, 2.24) is 10.2 Å². The van der Waals surface area contributed by atoms with Gasteiger partial charge in [0.15, 0.2) is 0 Å². The number of ether oxygens (including phenoxy) is 1. The fourth-order valence-electron chi connectivity index (χ4n) is 3.50. The molecule has 0 aromatic carbocycles. The molecule has 0 aromatic rings. The molecule has 120 valence electrons. The predicted octanol–water partition coefficient (Wildman–Crippen LogP) is 0.857. The third-order valence-corrected chi connectivity index (χ3v) is 4.94. The Balaban J connectivity index is 1.91. The number of hydrogen-bond acceptors (Lipinski definition) is 4. The summed E-state index contributed by atoms with van der Waals surface area (Å²) in [4.78, 5) is 25.8. The first-order valence-corrected chi connectivity index (χ1v) is 7.81. The van der Waals surface area contributed by atoms with E-state index in [4.69, 9.17) is 4.74 Å². The van der Waals surface area contributed by atoms with Crippen molar-refractivity contribution in [3.05, 3.63) is 0 Å². The number of carboxylic acids is 1. The van der Waals surface area contributed by atoms with Gasteiger partial charge in [-0.15, -0.1) is 0 Å². The zero-order chi connectivity index (χ0) is 15.5. The number of methoxy groups -OCH3 is 1. The molecule has 2 N–H and O–H groups in total. The maximum Gasteiger partial charge on any atom is 0.309 e. The Bertz CT molecular complexity index is 391. The van der Waals surface area contributed by atoms with Crippen LogP contribution in [-0.2, 0) is 14.3 Å². The lowest BCUT2D eigenvalue weighted by Crippen LogP contribution is -2.51. The zero-order valence-corrected chi connectivity index (χ0v) is 12.9. The fraction of sp³-hybridized carbons (Fsp3) is 0.867. The maximum absolute atomic E-state index is 12.5. The molecule has 2 atom stereocenters. The van der Waals surface area contributed by atoms with E-state index in [2.05, 4.69) is 5.32 Å². The van der Waals surface area contributed by atoms with E-state index in [0.29, 0.717) is 45.3 Å². The number of piperidine rings is 1. The Labute approximate surface area is 125 Å². The topological polar surface area (TPSA) is 78.9 Å². The van der Waals surface area contributed by atoms with Gasteiger partial charge in [0.1, 0.15) is 0 Å². The number of hydrogen-bond donors (Lipinski definition) is 2. The summed E-state index contributed by atoms with van der Waals surface area (Å²) < 4.78 is 5.26. The molecule has 2 aliphatic rings. The lowest BCUT2D eigenvalue weighted by Gasteiger charge is -2.39. The summed E-state index contributed by atoms with van der Waals surface area (Å²) in [6.45, 7) is 3.80. The molecule has 2 saturated heterocycles. The summed E-state index contributed by atoms with van der Waals surface area (Å²) in [6.07, 6.45) is 3.47. The minimum Gasteiger partial charge on any atom is -0.481 e. The second-order valence-electron chi connectivity index (χ2n) is 6.22. The van der Waals surface area contributed by atoms with E-state index in [-0.39, 0.29) is 18.1 Å². The van der Waals surface area contributed by atoms with Crippen molar-refractivity contribution in [2.45, 2.75) is 51.2 Å². The number of likely N-dealkylation sites (tertiary alicyclic amines) is 1. The van der Waals surface area contributed by atoms with Crippen LogP contribution in [0.1, 0.15) is 39.0 Å². The van der Waals surface area contributed by atoms with E-state index < -0.39 is 11.4 Å². The first-order chi connectivity index (χ1) is 10.0. The standard InChI is InChI=1S/C15H26N2O4/c1-3-4-15(14(19)20)5-7-17(8-6-15)13(18)12-9-11(21-2)10-16-12/h11-12,16H,3-10H2,1-2H3,(H,19,20). The van der Waals surface area contributed by atoms with Gasteiger partial charge in [0.25, 0.3) is 0 Å². The van der Waals surface area contributed by atoms with E-state index in [9.17, 15) is 14.7 Å². The average molecular weight is 298 g/mol. The minimum absolute atomic E-state index is 0.0880. The molecule has 6 heteroatoms. The molecule has 0 bridgehead atoms. The first-order valence-electron chi connectivity index (χ1n) is 7.81. The van der Waals surface area contributed by atoms with E-state index in [1.165, 1.54) is 0 Å². The van der Waals surface area contributed by atoms with Crippen molar-refractivity contribution in [2.75, 3.05) is 26.7 Å². The van der Waals surface area contributed by atoms with Gasteiger partial charge in [-0.25, -0.2) is 0 Å². The summed E-state index contributed by atoms with van der Waals surface area (Å²) >= 11 is 0. The lowest BCUT2D eigenvalue weighted by atomic mass is 9.75. The normalized spacial score (nSPS) is 28.6. The van der Waals surface area contributed by atoms with Crippen LogP contribution in [0.5, 0.6) is 0 Å².